The lowest BCUT2D eigenvalue weighted by Crippen LogP contribution is -2.54. The van der Waals surface area contributed by atoms with Gasteiger partial charge in [-0.15, -0.1) is 24.0 Å². The maximum Gasteiger partial charge on any atom is 0.216 e. The Bertz CT molecular complexity index is 749. The van der Waals surface area contributed by atoms with E-state index in [-0.39, 0.29) is 42.4 Å². The van der Waals surface area contributed by atoms with Gasteiger partial charge in [0.15, 0.2) is 5.96 Å². The smallest absolute Gasteiger partial charge is 0.216 e. The third-order valence-electron chi connectivity index (χ3n) is 4.63. The van der Waals surface area contributed by atoms with Gasteiger partial charge in [-0.1, -0.05) is 12.1 Å². The number of rotatable bonds is 9. The Morgan fingerprint density at radius 3 is 2.33 bits per heavy atom. The standard InChI is InChI=1S/C20H34N4O4S.HI/c1-5-21-20(22-16-18-6-8-19(27-4)9-7-18)23-10-12-24(13-11-23)29(25,26)15-14-28-17(2)3;/h6-9,17H,5,10-16H2,1-4H3,(H,21,22);1H. The summed E-state index contributed by atoms with van der Waals surface area (Å²) < 4.78 is 37.1. The summed E-state index contributed by atoms with van der Waals surface area (Å²) in [7, 11) is -1.65. The molecule has 8 nitrogen and oxygen atoms in total. The van der Waals surface area contributed by atoms with E-state index in [1.807, 2.05) is 45.0 Å². The van der Waals surface area contributed by atoms with Crippen LogP contribution in [0, 0.1) is 0 Å². The van der Waals surface area contributed by atoms with Gasteiger partial charge in [-0.3, -0.25) is 0 Å². The molecule has 1 saturated heterocycles. The first-order valence-corrected chi connectivity index (χ1v) is 11.7. The maximum atomic E-state index is 12.5. The first-order chi connectivity index (χ1) is 13.9. The molecule has 0 aromatic heterocycles. The van der Waals surface area contributed by atoms with Crippen molar-refractivity contribution in [3.05, 3.63) is 29.8 Å². The topological polar surface area (TPSA) is 83.5 Å². The Kier molecular flexibility index (Phi) is 12.0. The summed E-state index contributed by atoms with van der Waals surface area (Å²) in [6.45, 7) is 9.50. The normalized spacial score (nSPS) is 15.8. The number of hydrogen-bond donors (Lipinski definition) is 1. The molecule has 0 atom stereocenters. The second kappa shape index (κ2) is 13.3. The van der Waals surface area contributed by atoms with Crippen LogP contribution in [0.1, 0.15) is 26.3 Å². The first kappa shape index (κ1) is 26.9. The number of ether oxygens (including phenoxy) is 2. The number of nitrogens with zero attached hydrogens (tertiary/aromatic N) is 3. The van der Waals surface area contributed by atoms with Crippen molar-refractivity contribution in [3.8, 4) is 5.75 Å². The van der Waals surface area contributed by atoms with Crippen molar-refractivity contribution >= 4 is 40.0 Å². The van der Waals surface area contributed by atoms with Crippen LogP contribution >= 0.6 is 24.0 Å². The van der Waals surface area contributed by atoms with Crippen LogP contribution in [0.3, 0.4) is 0 Å². The van der Waals surface area contributed by atoms with Gasteiger partial charge in [0.25, 0.3) is 0 Å². The Labute approximate surface area is 198 Å². The van der Waals surface area contributed by atoms with E-state index in [1.54, 1.807) is 11.4 Å². The van der Waals surface area contributed by atoms with Crippen molar-refractivity contribution < 1.29 is 17.9 Å². The van der Waals surface area contributed by atoms with Gasteiger partial charge in [-0.05, 0) is 38.5 Å². The molecule has 1 aliphatic rings. The van der Waals surface area contributed by atoms with Gasteiger partial charge in [0.05, 0.1) is 32.1 Å². The minimum absolute atomic E-state index is 0. The number of nitrogens with one attached hydrogen (secondary N) is 1. The molecule has 172 valence electrons. The van der Waals surface area contributed by atoms with E-state index in [2.05, 4.69) is 10.2 Å². The molecule has 1 N–H and O–H groups in total. The van der Waals surface area contributed by atoms with E-state index in [1.165, 1.54) is 0 Å². The molecule has 0 amide bonds. The molecule has 1 heterocycles. The Balaban J connectivity index is 0.00000450. The van der Waals surface area contributed by atoms with Crippen molar-refractivity contribution in [3.63, 3.8) is 0 Å². The highest BCUT2D eigenvalue weighted by atomic mass is 127. The summed E-state index contributed by atoms with van der Waals surface area (Å²) in [5, 5.41) is 3.31. The van der Waals surface area contributed by atoms with Gasteiger partial charge in [0.1, 0.15) is 5.75 Å². The fourth-order valence-corrected chi connectivity index (χ4v) is 4.30. The lowest BCUT2D eigenvalue weighted by atomic mass is 10.2. The van der Waals surface area contributed by atoms with Gasteiger partial charge in [0, 0.05) is 32.7 Å². The van der Waals surface area contributed by atoms with Crippen LogP contribution in [-0.2, 0) is 21.3 Å². The molecular formula is C20H35IN4O4S. The molecule has 0 bridgehead atoms. The Hall–Kier alpha value is -1.11. The second-order valence-electron chi connectivity index (χ2n) is 7.14. The second-order valence-corrected chi connectivity index (χ2v) is 9.23. The number of hydrogen-bond acceptors (Lipinski definition) is 5. The highest BCUT2D eigenvalue weighted by molar-refractivity contribution is 14.0. The molecule has 0 aliphatic carbocycles. The molecule has 10 heteroatoms. The van der Waals surface area contributed by atoms with Crippen LogP contribution in [0.5, 0.6) is 5.75 Å². The zero-order valence-corrected chi connectivity index (χ0v) is 21.5. The number of halogens is 1. The number of guanidine groups is 1. The lowest BCUT2D eigenvalue weighted by molar-refractivity contribution is 0.0904. The molecule has 0 unspecified atom stereocenters. The van der Waals surface area contributed by atoms with Crippen LogP contribution in [0.25, 0.3) is 0 Å². The fourth-order valence-electron chi connectivity index (χ4n) is 3.02. The van der Waals surface area contributed by atoms with E-state index in [9.17, 15) is 8.42 Å². The van der Waals surface area contributed by atoms with Crippen LogP contribution in [0.2, 0.25) is 0 Å². The van der Waals surface area contributed by atoms with E-state index >= 15 is 0 Å². The summed E-state index contributed by atoms with van der Waals surface area (Å²) in [5.74, 6) is 1.65. The zero-order chi connectivity index (χ0) is 21.3. The minimum Gasteiger partial charge on any atom is -0.497 e. The molecule has 30 heavy (non-hydrogen) atoms. The number of sulfonamides is 1. The van der Waals surface area contributed by atoms with Gasteiger partial charge < -0.3 is 19.7 Å². The van der Waals surface area contributed by atoms with E-state index in [0.717, 1.165) is 23.8 Å². The summed E-state index contributed by atoms with van der Waals surface area (Å²) in [6.07, 6.45) is 0.0339. The molecule has 1 fully saturated rings. The summed E-state index contributed by atoms with van der Waals surface area (Å²) in [6, 6.07) is 7.83. The van der Waals surface area contributed by atoms with E-state index in [0.29, 0.717) is 32.7 Å². The Morgan fingerprint density at radius 1 is 1.17 bits per heavy atom. The van der Waals surface area contributed by atoms with Gasteiger partial charge >= 0.3 is 0 Å². The zero-order valence-electron chi connectivity index (χ0n) is 18.3. The van der Waals surface area contributed by atoms with Gasteiger partial charge in [-0.2, -0.15) is 4.31 Å². The molecule has 0 radical (unpaired) electrons. The maximum absolute atomic E-state index is 12.5. The number of aliphatic imine (C=N–C) groups is 1. The molecule has 1 aromatic rings. The first-order valence-electron chi connectivity index (χ1n) is 10.1. The van der Waals surface area contributed by atoms with Gasteiger partial charge in [0.2, 0.25) is 10.0 Å². The van der Waals surface area contributed by atoms with Crippen molar-refractivity contribution in [2.45, 2.75) is 33.4 Å². The molecular weight excluding hydrogens is 519 g/mol. The van der Waals surface area contributed by atoms with Crippen molar-refractivity contribution in [2.75, 3.05) is 52.2 Å². The highest BCUT2D eigenvalue weighted by Crippen LogP contribution is 2.13. The third kappa shape index (κ3) is 8.56. The van der Waals surface area contributed by atoms with Crippen molar-refractivity contribution in [1.29, 1.82) is 0 Å². The van der Waals surface area contributed by atoms with E-state index < -0.39 is 10.0 Å². The number of piperazine rings is 1. The van der Waals surface area contributed by atoms with E-state index in [4.69, 9.17) is 14.5 Å². The molecule has 2 rings (SSSR count). The van der Waals surface area contributed by atoms with Crippen molar-refractivity contribution in [2.24, 2.45) is 4.99 Å². The average molecular weight is 554 g/mol. The predicted molar refractivity (Wildman–Crippen MR) is 131 cm³/mol. The molecule has 0 saturated carbocycles. The van der Waals surface area contributed by atoms with Crippen LogP contribution < -0.4 is 10.1 Å². The fraction of sp³-hybridized carbons (Fsp3) is 0.650. The summed E-state index contributed by atoms with van der Waals surface area (Å²) in [5.41, 5.74) is 1.09. The van der Waals surface area contributed by atoms with Gasteiger partial charge in [-0.25, -0.2) is 13.4 Å². The summed E-state index contributed by atoms with van der Waals surface area (Å²) >= 11 is 0. The number of methoxy groups -OCH3 is 1. The summed E-state index contributed by atoms with van der Waals surface area (Å²) in [4.78, 5) is 6.84. The lowest BCUT2D eigenvalue weighted by Gasteiger charge is -2.36. The number of benzene rings is 1. The van der Waals surface area contributed by atoms with Crippen LogP contribution in [0.15, 0.2) is 29.3 Å². The predicted octanol–water partition coefficient (Wildman–Crippen LogP) is 2.15. The average Bonchev–Trinajstić information content (AvgIpc) is 2.71. The van der Waals surface area contributed by atoms with Crippen LogP contribution in [0.4, 0.5) is 0 Å². The minimum atomic E-state index is -3.29. The highest BCUT2D eigenvalue weighted by Gasteiger charge is 2.28. The Morgan fingerprint density at radius 2 is 1.80 bits per heavy atom. The SMILES string of the molecule is CCNC(=NCc1ccc(OC)cc1)N1CCN(S(=O)(=O)CCOC(C)C)CC1.I. The molecule has 1 aromatic carbocycles. The largest absolute Gasteiger partial charge is 0.497 e. The quantitative estimate of drug-likeness (QED) is 0.286. The van der Waals surface area contributed by atoms with Crippen molar-refractivity contribution in [1.82, 2.24) is 14.5 Å². The monoisotopic (exact) mass is 554 g/mol. The van der Waals surface area contributed by atoms with Crippen LogP contribution in [-0.4, -0.2) is 81.9 Å². The molecule has 1 aliphatic heterocycles. The molecule has 0 spiro atoms. The third-order valence-corrected chi connectivity index (χ3v) is 6.46.